The van der Waals surface area contributed by atoms with E-state index in [1.807, 2.05) is 6.07 Å². The first-order chi connectivity index (χ1) is 11.7. The van der Waals surface area contributed by atoms with Crippen molar-refractivity contribution in [3.63, 3.8) is 0 Å². The van der Waals surface area contributed by atoms with Gasteiger partial charge in [0, 0.05) is 18.0 Å². The summed E-state index contributed by atoms with van der Waals surface area (Å²) in [6.45, 7) is 0. The number of esters is 1. The maximum Gasteiger partial charge on any atom is 0.356 e. The minimum Gasteiger partial charge on any atom is -0.464 e. The summed E-state index contributed by atoms with van der Waals surface area (Å²) < 4.78 is 6.13. The van der Waals surface area contributed by atoms with Crippen LogP contribution in [0, 0.1) is 0 Å². The van der Waals surface area contributed by atoms with E-state index >= 15 is 0 Å². The molecule has 0 saturated heterocycles. The number of nitrogens with one attached hydrogen (secondary N) is 1. The van der Waals surface area contributed by atoms with Gasteiger partial charge < -0.3 is 10.1 Å². The van der Waals surface area contributed by atoms with E-state index in [0.29, 0.717) is 11.5 Å². The van der Waals surface area contributed by atoms with E-state index in [-0.39, 0.29) is 17.2 Å². The van der Waals surface area contributed by atoms with E-state index in [1.165, 1.54) is 31.6 Å². The zero-order chi connectivity index (χ0) is 16.9. The molecule has 0 aliphatic heterocycles. The van der Waals surface area contributed by atoms with Gasteiger partial charge in [-0.25, -0.2) is 19.4 Å². The summed E-state index contributed by atoms with van der Waals surface area (Å²) >= 11 is 0. The Kier molecular flexibility index (Phi) is 4.28. The highest BCUT2D eigenvalue weighted by atomic mass is 16.5. The molecule has 24 heavy (non-hydrogen) atoms. The predicted molar refractivity (Wildman–Crippen MR) is 84.9 cm³/mol. The maximum atomic E-state index is 12.3. The van der Waals surface area contributed by atoms with Crippen molar-refractivity contribution in [1.82, 2.24) is 19.7 Å². The van der Waals surface area contributed by atoms with E-state index in [4.69, 9.17) is 0 Å². The Hall–Kier alpha value is -3.55. The van der Waals surface area contributed by atoms with Gasteiger partial charge >= 0.3 is 5.97 Å². The van der Waals surface area contributed by atoms with Crippen LogP contribution in [0.5, 0.6) is 0 Å². The summed E-state index contributed by atoms with van der Waals surface area (Å²) in [4.78, 5) is 31.8. The maximum absolute atomic E-state index is 12.3. The van der Waals surface area contributed by atoms with Crippen LogP contribution >= 0.6 is 0 Å². The third-order valence-corrected chi connectivity index (χ3v) is 3.14. The van der Waals surface area contributed by atoms with Crippen LogP contribution in [-0.4, -0.2) is 38.7 Å². The van der Waals surface area contributed by atoms with E-state index < -0.39 is 5.97 Å². The molecule has 0 spiro atoms. The molecule has 0 unspecified atom stereocenters. The fraction of sp³-hybridized carbons (Fsp3) is 0.0625. The van der Waals surface area contributed by atoms with Crippen LogP contribution in [0.4, 0.5) is 5.69 Å². The van der Waals surface area contributed by atoms with Crippen molar-refractivity contribution in [3.8, 4) is 5.82 Å². The monoisotopic (exact) mass is 323 g/mol. The molecular weight excluding hydrogens is 310 g/mol. The Balaban J connectivity index is 1.76. The van der Waals surface area contributed by atoms with E-state index in [9.17, 15) is 9.59 Å². The third-order valence-electron chi connectivity index (χ3n) is 3.14. The first-order valence-corrected chi connectivity index (χ1v) is 6.99. The van der Waals surface area contributed by atoms with Gasteiger partial charge in [-0.3, -0.25) is 4.79 Å². The molecule has 8 nitrogen and oxygen atoms in total. The molecule has 0 fully saturated rings. The van der Waals surface area contributed by atoms with Crippen LogP contribution in [0.25, 0.3) is 5.82 Å². The zero-order valence-corrected chi connectivity index (χ0v) is 12.7. The number of aromatic nitrogens is 4. The summed E-state index contributed by atoms with van der Waals surface area (Å²) in [6.07, 6.45) is 6.18. The molecule has 3 rings (SSSR count). The standard InChI is InChI=1S/C16H13N5O3/c1-24-16(23)13-8-11(5-7-17-13)15(22)20-12-9-19-21(10-12)14-4-2-3-6-18-14/h2-10H,1H3,(H,20,22). The van der Waals surface area contributed by atoms with Crippen LogP contribution in [0.15, 0.2) is 55.1 Å². The van der Waals surface area contributed by atoms with Crippen molar-refractivity contribution in [1.29, 1.82) is 0 Å². The normalized spacial score (nSPS) is 10.2. The predicted octanol–water partition coefficient (Wildman–Crippen LogP) is 1.70. The van der Waals surface area contributed by atoms with Crippen molar-refractivity contribution >= 4 is 17.6 Å². The fourth-order valence-electron chi connectivity index (χ4n) is 1.99. The van der Waals surface area contributed by atoms with Gasteiger partial charge in [0.1, 0.15) is 5.69 Å². The molecule has 0 aromatic carbocycles. The highest BCUT2D eigenvalue weighted by molar-refractivity contribution is 6.05. The molecule has 8 heteroatoms. The number of pyridine rings is 2. The summed E-state index contributed by atoms with van der Waals surface area (Å²) in [7, 11) is 1.25. The molecular formula is C16H13N5O3. The lowest BCUT2D eigenvalue weighted by Gasteiger charge is -2.04. The second kappa shape index (κ2) is 6.69. The van der Waals surface area contributed by atoms with Crippen LogP contribution < -0.4 is 5.32 Å². The molecule has 1 amide bonds. The molecule has 0 aliphatic rings. The van der Waals surface area contributed by atoms with Gasteiger partial charge in [0.2, 0.25) is 0 Å². The molecule has 0 atom stereocenters. The SMILES string of the molecule is COC(=O)c1cc(C(=O)Nc2cnn(-c3ccccn3)c2)ccn1. The minimum absolute atomic E-state index is 0.0642. The summed E-state index contributed by atoms with van der Waals surface area (Å²) in [5.74, 6) is -0.356. The van der Waals surface area contributed by atoms with Crippen molar-refractivity contribution in [2.24, 2.45) is 0 Å². The van der Waals surface area contributed by atoms with Crippen molar-refractivity contribution in [2.75, 3.05) is 12.4 Å². The van der Waals surface area contributed by atoms with E-state index in [0.717, 1.165) is 0 Å². The van der Waals surface area contributed by atoms with Gasteiger partial charge in [0.05, 0.1) is 25.2 Å². The molecule has 0 radical (unpaired) electrons. The third kappa shape index (κ3) is 3.27. The highest BCUT2D eigenvalue weighted by Crippen LogP contribution is 2.12. The van der Waals surface area contributed by atoms with Crippen molar-refractivity contribution < 1.29 is 14.3 Å². The average molecular weight is 323 g/mol. The number of nitrogens with zero attached hydrogens (tertiary/aromatic N) is 4. The number of hydrogen-bond acceptors (Lipinski definition) is 6. The van der Waals surface area contributed by atoms with Crippen LogP contribution in [0.1, 0.15) is 20.8 Å². The van der Waals surface area contributed by atoms with Gasteiger partial charge in [0.15, 0.2) is 5.82 Å². The van der Waals surface area contributed by atoms with Gasteiger partial charge in [-0.05, 0) is 24.3 Å². The average Bonchev–Trinajstić information content (AvgIpc) is 3.10. The van der Waals surface area contributed by atoms with Crippen molar-refractivity contribution in [3.05, 3.63) is 66.4 Å². The highest BCUT2D eigenvalue weighted by Gasteiger charge is 2.13. The number of carbonyl (C=O) groups excluding carboxylic acids is 2. The lowest BCUT2D eigenvalue weighted by molar-refractivity contribution is 0.0594. The molecule has 0 saturated carbocycles. The number of anilines is 1. The summed E-state index contributed by atoms with van der Waals surface area (Å²) in [5.41, 5.74) is 0.854. The number of rotatable bonds is 4. The first kappa shape index (κ1) is 15.3. The van der Waals surface area contributed by atoms with Crippen LogP contribution in [0.2, 0.25) is 0 Å². The Bertz CT molecular complexity index is 876. The molecule has 1 N–H and O–H groups in total. The summed E-state index contributed by atoms with van der Waals surface area (Å²) in [5, 5.41) is 6.85. The smallest absolute Gasteiger partial charge is 0.356 e. The minimum atomic E-state index is -0.604. The Morgan fingerprint density at radius 2 is 2.04 bits per heavy atom. The Morgan fingerprint density at radius 3 is 2.79 bits per heavy atom. The fourth-order valence-corrected chi connectivity index (χ4v) is 1.99. The van der Waals surface area contributed by atoms with Gasteiger partial charge in [-0.1, -0.05) is 6.07 Å². The molecule has 3 aromatic heterocycles. The Morgan fingerprint density at radius 1 is 1.17 bits per heavy atom. The largest absolute Gasteiger partial charge is 0.464 e. The second-order valence-electron chi connectivity index (χ2n) is 4.74. The second-order valence-corrected chi connectivity index (χ2v) is 4.74. The number of carbonyl (C=O) groups is 2. The van der Waals surface area contributed by atoms with Gasteiger partial charge in [0.25, 0.3) is 5.91 Å². The first-order valence-electron chi connectivity index (χ1n) is 6.99. The summed E-state index contributed by atoms with van der Waals surface area (Å²) in [6, 6.07) is 8.31. The molecule has 120 valence electrons. The van der Waals surface area contributed by atoms with Crippen molar-refractivity contribution in [2.45, 2.75) is 0 Å². The quantitative estimate of drug-likeness (QED) is 0.734. The van der Waals surface area contributed by atoms with Crippen LogP contribution in [-0.2, 0) is 4.74 Å². The van der Waals surface area contributed by atoms with Gasteiger partial charge in [-0.2, -0.15) is 5.10 Å². The number of methoxy groups -OCH3 is 1. The molecule has 3 aromatic rings. The Labute approximate surface area is 137 Å². The zero-order valence-electron chi connectivity index (χ0n) is 12.7. The number of ether oxygens (including phenoxy) is 1. The van der Waals surface area contributed by atoms with E-state index in [1.54, 1.807) is 29.2 Å². The lowest BCUT2D eigenvalue weighted by Crippen LogP contribution is -2.13. The van der Waals surface area contributed by atoms with Gasteiger partial charge in [-0.15, -0.1) is 0 Å². The number of hydrogen-bond donors (Lipinski definition) is 1. The lowest BCUT2D eigenvalue weighted by atomic mass is 10.2. The van der Waals surface area contributed by atoms with E-state index in [2.05, 4.69) is 25.1 Å². The number of amides is 1. The molecule has 3 heterocycles. The topological polar surface area (TPSA) is 99.0 Å². The van der Waals surface area contributed by atoms with Crippen LogP contribution in [0.3, 0.4) is 0 Å². The molecule has 0 aliphatic carbocycles. The molecule has 0 bridgehead atoms.